The van der Waals surface area contributed by atoms with E-state index in [-0.39, 0.29) is 12.3 Å². The van der Waals surface area contributed by atoms with Crippen molar-refractivity contribution in [3.05, 3.63) is 84.4 Å². The lowest BCUT2D eigenvalue weighted by atomic mass is 10.2. The first-order valence-corrected chi connectivity index (χ1v) is 11.1. The first-order chi connectivity index (χ1) is 15.2. The highest BCUT2D eigenvalue weighted by atomic mass is 32.1. The van der Waals surface area contributed by atoms with Crippen LogP contribution in [0.5, 0.6) is 11.5 Å². The smallest absolute Gasteiger partial charge is 0.232 e. The second-order valence-corrected chi connectivity index (χ2v) is 7.92. The van der Waals surface area contributed by atoms with E-state index in [1.165, 1.54) is 11.3 Å². The first kappa shape index (κ1) is 20.9. The summed E-state index contributed by atoms with van der Waals surface area (Å²) in [6, 6.07) is 25.3. The Balaban J connectivity index is 1.57. The highest BCUT2D eigenvalue weighted by Crippen LogP contribution is 2.35. The van der Waals surface area contributed by atoms with Crippen molar-refractivity contribution in [1.82, 2.24) is 4.98 Å². The number of ether oxygens (including phenoxy) is 2. The molecule has 0 aliphatic heterocycles. The predicted molar refractivity (Wildman–Crippen MR) is 125 cm³/mol. The molecular formula is C25H24N2O3S. The van der Waals surface area contributed by atoms with Crippen LogP contribution in [0.1, 0.15) is 18.9 Å². The molecule has 5 nitrogen and oxygen atoms in total. The number of carbonyl (C=O) groups excluding carboxylic acids is 1. The summed E-state index contributed by atoms with van der Waals surface area (Å²) in [7, 11) is 0. The van der Waals surface area contributed by atoms with E-state index in [9.17, 15) is 4.79 Å². The van der Waals surface area contributed by atoms with Crippen molar-refractivity contribution in [1.29, 1.82) is 0 Å². The molecule has 0 unspecified atom stereocenters. The Morgan fingerprint density at radius 2 is 1.68 bits per heavy atom. The number of rotatable bonds is 9. The molecule has 4 aromatic rings. The fourth-order valence-corrected chi connectivity index (χ4v) is 4.24. The molecule has 0 aliphatic rings. The van der Waals surface area contributed by atoms with Gasteiger partial charge in [-0.05, 0) is 36.8 Å². The number of hydrogen-bond acceptors (Lipinski definition) is 5. The van der Waals surface area contributed by atoms with E-state index in [0.717, 1.165) is 27.3 Å². The number of hydrogen-bond donors (Lipinski definition) is 0. The van der Waals surface area contributed by atoms with Crippen molar-refractivity contribution in [2.24, 2.45) is 0 Å². The van der Waals surface area contributed by atoms with Gasteiger partial charge in [-0.25, -0.2) is 4.98 Å². The van der Waals surface area contributed by atoms with Crippen LogP contribution >= 0.6 is 11.3 Å². The zero-order valence-electron chi connectivity index (χ0n) is 17.4. The van der Waals surface area contributed by atoms with E-state index in [1.807, 2.05) is 85.8 Å². The Bertz CT molecular complexity index is 1130. The average Bonchev–Trinajstić information content (AvgIpc) is 3.24. The summed E-state index contributed by atoms with van der Waals surface area (Å²) in [6.07, 6.45) is 0.260. The van der Waals surface area contributed by atoms with Crippen LogP contribution < -0.4 is 14.4 Å². The lowest BCUT2D eigenvalue weighted by Gasteiger charge is -2.20. The van der Waals surface area contributed by atoms with E-state index >= 15 is 0 Å². The average molecular weight is 433 g/mol. The van der Waals surface area contributed by atoms with Crippen molar-refractivity contribution in [2.45, 2.75) is 19.9 Å². The van der Waals surface area contributed by atoms with Gasteiger partial charge in [0.2, 0.25) is 5.91 Å². The molecule has 0 N–H and O–H groups in total. The van der Waals surface area contributed by atoms with Gasteiger partial charge >= 0.3 is 0 Å². The van der Waals surface area contributed by atoms with Crippen molar-refractivity contribution in [3.63, 3.8) is 0 Å². The third kappa shape index (κ3) is 5.22. The monoisotopic (exact) mass is 432 g/mol. The van der Waals surface area contributed by atoms with E-state index in [0.29, 0.717) is 24.9 Å². The molecule has 4 rings (SSSR count). The Labute approximate surface area is 185 Å². The minimum absolute atomic E-state index is 0.0307. The van der Waals surface area contributed by atoms with Gasteiger partial charge in [-0.15, -0.1) is 0 Å². The second kappa shape index (κ2) is 10.1. The molecule has 0 spiro atoms. The third-order valence-corrected chi connectivity index (χ3v) is 5.76. The molecular weight excluding hydrogens is 408 g/mol. The first-order valence-electron chi connectivity index (χ1n) is 10.3. The number of para-hydroxylation sites is 2. The molecule has 31 heavy (non-hydrogen) atoms. The van der Waals surface area contributed by atoms with E-state index in [2.05, 4.69) is 0 Å². The van der Waals surface area contributed by atoms with Crippen LogP contribution in [-0.2, 0) is 11.3 Å². The molecule has 3 aromatic carbocycles. The molecule has 1 heterocycles. The molecule has 0 radical (unpaired) electrons. The van der Waals surface area contributed by atoms with Gasteiger partial charge in [-0.2, -0.15) is 0 Å². The van der Waals surface area contributed by atoms with E-state index in [4.69, 9.17) is 14.5 Å². The third-order valence-electron chi connectivity index (χ3n) is 4.71. The summed E-state index contributed by atoms with van der Waals surface area (Å²) in [6.45, 7) is 3.28. The molecule has 1 amide bonds. The van der Waals surface area contributed by atoms with Crippen molar-refractivity contribution in [2.75, 3.05) is 18.1 Å². The Morgan fingerprint density at radius 3 is 2.42 bits per heavy atom. The van der Waals surface area contributed by atoms with Gasteiger partial charge < -0.3 is 9.47 Å². The topological polar surface area (TPSA) is 51.7 Å². The van der Waals surface area contributed by atoms with Gasteiger partial charge in [0.25, 0.3) is 0 Å². The zero-order chi connectivity index (χ0) is 21.5. The number of carbonyl (C=O) groups is 1. The van der Waals surface area contributed by atoms with Gasteiger partial charge in [0, 0.05) is 0 Å². The maximum Gasteiger partial charge on any atom is 0.232 e. The van der Waals surface area contributed by atoms with Crippen LogP contribution in [0, 0.1) is 0 Å². The minimum atomic E-state index is -0.0307. The van der Waals surface area contributed by atoms with Gasteiger partial charge in [-0.3, -0.25) is 9.69 Å². The van der Waals surface area contributed by atoms with Crippen molar-refractivity contribution >= 4 is 32.6 Å². The minimum Gasteiger partial charge on any atom is -0.493 e. The van der Waals surface area contributed by atoms with Crippen LogP contribution in [-0.4, -0.2) is 24.1 Å². The molecule has 0 bridgehead atoms. The fourth-order valence-electron chi connectivity index (χ4n) is 3.24. The Kier molecular flexibility index (Phi) is 6.79. The van der Waals surface area contributed by atoms with Gasteiger partial charge in [0.15, 0.2) is 5.13 Å². The molecule has 0 aliphatic carbocycles. The molecule has 0 atom stereocenters. The maximum absolute atomic E-state index is 13.2. The summed E-state index contributed by atoms with van der Waals surface area (Å²) in [5, 5.41) is 0.663. The van der Waals surface area contributed by atoms with Crippen LogP contribution in [0.15, 0.2) is 78.9 Å². The largest absolute Gasteiger partial charge is 0.493 e. The number of nitrogens with zero attached hydrogens (tertiary/aromatic N) is 2. The van der Waals surface area contributed by atoms with Crippen LogP contribution in [0.25, 0.3) is 10.2 Å². The maximum atomic E-state index is 13.2. The summed E-state index contributed by atoms with van der Waals surface area (Å²) < 4.78 is 12.5. The molecule has 158 valence electrons. The predicted octanol–water partition coefficient (Wildman–Crippen LogP) is 5.70. The summed E-state index contributed by atoms with van der Waals surface area (Å²) in [5.74, 6) is 1.46. The highest BCUT2D eigenvalue weighted by Gasteiger charge is 2.21. The number of benzene rings is 3. The quantitative estimate of drug-likeness (QED) is 0.341. The molecule has 1 aromatic heterocycles. The van der Waals surface area contributed by atoms with Crippen LogP contribution in [0.3, 0.4) is 0 Å². The molecule has 0 fully saturated rings. The fraction of sp³-hybridized carbons (Fsp3) is 0.200. The number of aromatic nitrogens is 1. The summed E-state index contributed by atoms with van der Waals surface area (Å²) in [5.41, 5.74) is 1.83. The van der Waals surface area contributed by atoms with Crippen molar-refractivity contribution in [3.8, 4) is 11.5 Å². The lowest BCUT2D eigenvalue weighted by Crippen LogP contribution is -2.31. The van der Waals surface area contributed by atoms with Gasteiger partial charge in [-0.1, -0.05) is 65.9 Å². The Morgan fingerprint density at radius 1 is 0.935 bits per heavy atom. The molecule has 6 heteroatoms. The number of thiazole rings is 1. The highest BCUT2D eigenvalue weighted by molar-refractivity contribution is 7.22. The summed E-state index contributed by atoms with van der Waals surface area (Å²) in [4.78, 5) is 19.7. The summed E-state index contributed by atoms with van der Waals surface area (Å²) >= 11 is 1.50. The number of anilines is 1. The molecule has 0 saturated heterocycles. The van der Waals surface area contributed by atoms with Gasteiger partial charge in [0.1, 0.15) is 17.0 Å². The number of fused-ring (bicyclic) bond motifs is 1. The van der Waals surface area contributed by atoms with Crippen LogP contribution in [0.4, 0.5) is 5.13 Å². The Hall–Kier alpha value is -3.38. The standard InChI is InChI=1S/C25H24N2O3S/c1-2-29-21-14-9-15-22-24(21)26-25(31-22)27(18-19-10-5-3-6-11-19)23(28)16-17-30-20-12-7-4-8-13-20/h3-15H,2,16-18H2,1H3. The lowest BCUT2D eigenvalue weighted by molar-refractivity contribution is -0.119. The normalized spacial score (nSPS) is 10.7. The molecule has 0 saturated carbocycles. The van der Waals surface area contributed by atoms with E-state index in [1.54, 1.807) is 4.90 Å². The second-order valence-electron chi connectivity index (χ2n) is 6.91. The van der Waals surface area contributed by atoms with Crippen molar-refractivity contribution < 1.29 is 14.3 Å². The SMILES string of the molecule is CCOc1cccc2sc(N(Cc3ccccc3)C(=O)CCOc3ccccc3)nc12. The number of amides is 1. The van der Waals surface area contributed by atoms with E-state index < -0.39 is 0 Å². The zero-order valence-corrected chi connectivity index (χ0v) is 18.2. The van der Waals surface area contributed by atoms with Crippen LogP contribution in [0.2, 0.25) is 0 Å². The van der Waals surface area contributed by atoms with Gasteiger partial charge in [0.05, 0.1) is 30.9 Å².